The first-order chi connectivity index (χ1) is 36.8. The van der Waals surface area contributed by atoms with Crippen LogP contribution in [0, 0.1) is 0 Å². The first-order valence-corrected chi connectivity index (χ1v) is 27.9. The van der Waals surface area contributed by atoms with Gasteiger partial charge in [-0.05, 0) is 200 Å². The molecular weight excluding hydrogens is 1000 g/mol. The predicted molar refractivity (Wildman–Crippen MR) is 303 cm³/mol. The number of rotatable bonds is 41. The van der Waals surface area contributed by atoms with Gasteiger partial charge in [-0.2, -0.15) is 0 Å². The summed E-state index contributed by atoms with van der Waals surface area (Å²) in [5.41, 5.74) is 0.176. The molecule has 0 saturated heterocycles. The first-order valence-electron chi connectivity index (χ1n) is 27.9. The van der Waals surface area contributed by atoms with Crippen LogP contribution in [0.15, 0.2) is 12.2 Å². The van der Waals surface area contributed by atoms with E-state index in [0.717, 1.165) is 193 Å². The Bertz CT molecular complexity index is 578. The fourth-order valence-corrected chi connectivity index (χ4v) is 4.00. The number of unbranched alkanes of at least 4 members (excludes halogenated alkanes) is 20. The Labute approximate surface area is 460 Å². The minimum atomic E-state index is -0.935. The first kappa shape index (κ1) is 99.7. The third-order valence-electron chi connectivity index (χ3n) is 8.53. The van der Waals surface area contributed by atoms with E-state index in [2.05, 4.69) is 6.58 Å². The van der Waals surface area contributed by atoms with Crippen LogP contribution in [0.5, 0.6) is 0 Å². The second kappa shape index (κ2) is 130. The van der Waals surface area contributed by atoms with Crippen LogP contribution in [0.25, 0.3) is 0 Å². The fraction of sp³-hybridized carbons (Fsp3) is 0.944. The lowest BCUT2D eigenvalue weighted by molar-refractivity contribution is -0.132. The number of carboxylic acid groups (broad SMARTS) is 1. The molecule has 0 aliphatic carbocycles. The summed E-state index contributed by atoms with van der Waals surface area (Å²) in [5, 5.41) is 172. The highest BCUT2D eigenvalue weighted by Crippen LogP contribution is 1.95. The van der Waals surface area contributed by atoms with Crippen LogP contribution in [0.4, 0.5) is 0 Å². The molecular formula is C54H126O22. The standard InChI is InChI=1S/10C5H12O2.C4H6O2/c10*6-4-2-1-3-5-7;1-3(2)4(5)6/h10*6-7H,1-5H2;1H2,2H3,(H,5,6). The van der Waals surface area contributed by atoms with Gasteiger partial charge < -0.3 is 107 Å². The molecule has 21 N–H and O–H groups in total. The molecule has 22 heteroatoms. The molecule has 0 unspecified atom stereocenters. The summed E-state index contributed by atoms with van der Waals surface area (Å²) in [7, 11) is 0. The van der Waals surface area contributed by atoms with E-state index in [1.807, 2.05) is 0 Å². The maximum atomic E-state index is 9.60. The zero-order valence-corrected chi connectivity index (χ0v) is 47.9. The van der Waals surface area contributed by atoms with Crippen molar-refractivity contribution in [2.24, 2.45) is 0 Å². The summed E-state index contributed by atoms with van der Waals surface area (Å²) < 4.78 is 0. The van der Waals surface area contributed by atoms with Gasteiger partial charge in [0.1, 0.15) is 0 Å². The second-order valence-corrected chi connectivity index (χ2v) is 16.2. The van der Waals surface area contributed by atoms with Gasteiger partial charge in [-0.1, -0.05) is 6.58 Å². The molecule has 0 amide bonds. The van der Waals surface area contributed by atoms with Crippen molar-refractivity contribution < 1.29 is 112 Å². The SMILES string of the molecule is C=C(C)C(=O)O.OCCCCCO.OCCCCCO.OCCCCCO.OCCCCCO.OCCCCCO.OCCCCCO.OCCCCCO.OCCCCCO.OCCCCCO.OCCCCCO. The minimum absolute atomic E-state index is 0.176. The second-order valence-electron chi connectivity index (χ2n) is 16.2. The Morgan fingerprint density at radius 1 is 0.197 bits per heavy atom. The van der Waals surface area contributed by atoms with E-state index in [9.17, 15) is 4.79 Å². The van der Waals surface area contributed by atoms with Gasteiger partial charge in [0.15, 0.2) is 0 Å². The zero-order valence-electron chi connectivity index (χ0n) is 47.9. The van der Waals surface area contributed by atoms with E-state index in [0.29, 0.717) is 0 Å². The number of aliphatic carboxylic acids is 1. The molecule has 0 rings (SSSR count). The molecule has 474 valence electrons. The van der Waals surface area contributed by atoms with Crippen LogP contribution < -0.4 is 0 Å². The fourth-order valence-electron chi connectivity index (χ4n) is 4.00. The van der Waals surface area contributed by atoms with Crippen molar-refractivity contribution in [2.45, 2.75) is 200 Å². The third-order valence-corrected chi connectivity index (χ3v) is 8.53. The topological polar surface area (TPSA) is 442 Å². The molecule has 0 fully saturated rings. The van der Waals surface area contributed by atoms with Gasteiger partial charge in [0, 0.05) is 138 Å². The number of aliphatic hydroxyl groups is 20. The summed E-state index contributed by atoms with van der Waals surface area (Å²) in [4.78, 5) is 9.60. The van der Waals surface area contributed by atoms with Crippen LogP contribution in [-0.2, 0) is 4.79 Å². The van der Waals surface area contributed by atoms with Crippen LogP contribution in [0.3, 0.4) is 0 Å². The van der Waals surface area contributed by atoms with Gasteiger partial charge in [0.25, 0.3) is 0 Å². The van der Waals surface area contributed by atoms with E-state index in [-0.39, 0.29) is 138 Å². The van der Waals surface area contributed by atoms with Gasteiger partial charge in [0.05, 0.1) is 0 Å². The molecule has 0 radical (unpaired) electrons. The van der Waals surface area contributed by atoms with Gasteiger partial charge in [-0.15, -0.1) is 0 Å². The summed E-state index contributed by atoms with van der Waals surface area (Å²) >= 11 is 0. The van der Waals surface area contributed by atoms with Gasteiger partial charge in [-0.3, -0.25) is 0 Å². The highest BCUT2D eigenvalue weighted by molar-refractivity contribution is 5.84. The van der Waals surface area contributed by atoms with E-state index in [4.69, 9.17) is 107 Å². The molecule has 0 aromatic rings. The Balaban J connectivity index is -0.0000000680. The monoisotopic (exact) mass is 1130 g/mol. The van der Waals surface area contributed by atoms with E-state index in [1.54, 1.807) is 0 Å². The number of hydrogen-bond acceptors (Lipinski definition) is 21. The Morgan fingerprint density at radius 2 is 0.250 bits per heavy atom. The molecule has 0 aliphatic heterocycles. The molecule has 0 atom stereocenters. The maximum Gasteiger partial charge on any atom is 0.330 e. The molecule has 0 heterocycles. The van der Waals surface area contributed by atoms with Crippen LogP contribution in [-0.4, -0.2) is 245 Å². The van der Waals surface area contributed by atoms with Crippen molar-refractivity contribution >= 4 is 5.97 Å². The lowest BCUT2D eigenvalue weighted by Gasteiger charge is -1.90. The van der Waals surface area contributed by atoms with Crippen molar-refractivity contribution in [3.05, 3.63) is 12.2 Å². The molecule has 0 aromatic heterocycles. The number of carboxylic acids is 1. The summed E-state index contributed by atoms with van der Waals surface area (Å²) in [6.07, 6.45) is 25.8. The average Bonchev–Trinajstić information content (AvgIpc) is 3.42. The normalized spacial score (nSPS) is 9.28. The molecule has 22 nitrogen and oxygen atoms in total. The van der Waals surface area contributed by atoms with Crippen molar-refractivity contribution in [1.29, 1.82) is 0 Å². The highest BCUT2D eigenvalue weighted by atomic mass is 16.4. The highest BCUT2D eigenvalue weighted by Gasteiger charge is 1.91. The number of hydrogen-bond donors (Lipinski definition) is 21. The van der Waals surface area contributed by atoms with Gasteiger partial charge in [0.2, 0.25) is 0 Å². The predicted octanol–water partition coefficient (Wildman–Crippen LogP) is 2.06. The molecule has 0 saturated carbocycles. The third kappa shape index (κ3) is 205. The number of aliphatic hydroxyl groups excluding tert-OH is 20. The quantitative estimate of drug-likeness (QED) is 0.0308. The van der Waals surface area contributed by atoms with Crippen molar-refractivity contribution in [3.63, 3.8) is 0 Å². The minimum Gasteiger partial charge on any atom is -0.478 e. The summed E-state index contributed by atoms with van der Waals surface area (Å²) in [6.45, 7) is 9.60. The largest absolute Gasteiger partial charge is 0.478 e. The van der Waals surface area contributed by atoms with Crippen molar-refractivity contribution in [2.75, 3.05) is 132 Å². The average molecular weight is 1130 g/mol. The van der Waals surface area contributed by atoms with Gasteiger partial charge >= 0.3 is 5.97 Å². The Morgan fingerprint density at radius 3 is 0.276 bits per heavy atom. The van der Waals surface area contributed by atoms with Crippen LogP contribution >= 0.6 is 0 Å². The molecule has 0 aliphatic rings. The molecule has 0 bridgehead atoms. The lowest BCUT2D eigenvalue weighted by atomic mass is 10.2. The van der Waals surface area contributed by atoms with Crippen LogP contribution in [0.1, 0.15) is 200 Å². The number of carbonyl (C=O) groups is 1. The maximum absolute atomic E-state index is 9.60. The van der Waals surface area contributed by atoms with Crippen molar-refractivity contribution in [3.8, 4) is 0 Å². The smallest absolute Gasteiger partial charge is 0.330 e. The zero-order chi connectivity index (χ0) is 60.5. The Kier molecular flexibility index (Phi) is 171. The lowest BCUT2D eigenvalue weighted by Crippen LogP contribution is -1.92. The molecule has 0 aromatic carbocycles. The molecule has 76 heavy (non-hydrogen) atoms. The van der Waals surface area contributed by atoms with E-state index in [1.165, 1.54) is 6.92 Å². The summed E-state index contributed by atoms with van der Waals surface area (Å²) in [6, 6.07) is 0. The van der Waals surface area contributed by atoms with Crippen molar-refractivity contribution in [1.82, 2.24) is 0 Å². The Hall–Kier alpha value is -1.59. The van der Waals surface area contributed by atoms with E-state index < -0.39 is 5.97 Å². The van der Waals surface area contributed by atoms with E-state index >= 15 is 0 Å². The van der Waals surface area contributed by atoms with Crippen LogP contribution in [0.2, 0.25) is 0 Å². The summed E-state index contributed by atoms with van der Waals surface area (Å²) in [5.74, 6) is -0.935. The molecule has 0 spiro atoms. The van der Waals surface area contributed by atoms with Gasteiger partial charge in [-0.25, -0.2) is 4.79 Å².